The molecule has 2 aromatic rings. The van der Waals surface area contributed by atoms with Crippen molar-refractivity contribution in [2.75, 3.05) is 5.73 Å². The number of nitrogen functional groups attached to an aromatic ring is 1. The van der Waals surface area contributed by atoms with Gasteiger partial charge in [0.2, 0.25) is 0 Å². The zero-order chi connectivity index (χ0) is 10.3. The van der Waals surface area contributed by atoms with Crippen molar-refractivity contribution in [1.82, 2.24) is 10.2 Å². The minimum atomic E-state index is -0.568. The summed E-state index contributed by atoms with van der Waals surface area (Å²) in [6.45, 7) is 0. The topological polar surface area (TPSA) is 118 Å². The fourth-order valence-corrected chi connectivity index (χ4v) is 1.29. The maximum atomic E-state index is 11.1. The number of nitrogens with zero attached hydrogens (tertiary/aromatic N) is 1. The van der Waals surface area contributed by atoms with Crippen molar-refractivity contribution in [3.8, 4) is 0 Å². The summed E-state index contributed by atoms with van der Waals surface area (Å²) in [5.41, 5.74) is 5.39. The number of benzene rings is 1. The minimum Gasteiger partial charge on any atom is -0.398 e. The number of non-ortho nitro benzene ring substituents is 1. The monoisotopic (exact) mass is 194 g/mol. The number of H-pyrrole nitrogens is 2. The Kier molecular flexibility index (Phi) is 1.53. The standard InChI is InChI=1S/C7H6N4O3/c8-4-1-3(11(13)14)2-5-6(4)7(12)10-9-5/h1-2H,8H2,(H2,9,10,12). The summed E-state index contributed by atoms with van der Waals surface area (Å²) in [6.07, 6.45) is 0. The van der Waals surface area contributed by atoms with Gasteiger partial charge in [-0.3, -0.25) is 25.1 Å². The van der Waals surface area contributed by atoms with Crippen LogP contribution < -0.4 is 11.3 Å². The highest BCUT2D eigenvalue weighted by atomic mass is 16.6. The van der Waals surface area contributed by atoms with E-state index in [-0.39, 0.29) is 22.3 Å². The number of aromatic nitrogens is 2. The lowest BCUT2D eigenvalue weighted by Gasteiger charge is -1.94. The Balaban J connectivity index is 2.87. The van der Waals surface area contributed by atoms with Crippen molar-refractivity contribution in [3.05, 3.63) is 32.6 Å². The highest BCUT2D eigenvalue weighted by Gasteiger charge is 2.12. The third-order valence-electron chi connectivity index (χ3n) is 1.90. The number of nitro benzene ring substituents is 1. The van der Waals surface area contributed by atoms with Crippen LogP contribution in [0.3, 0.4) is 0 Å². The maximum absolute atomic E-state index is 11.1. The van der Waals surface area contributed by atoms with Gasteiger partial charge in [0.15, 0.2) is 0 Å². The molecule has 0 fully saturated rings. The molecule has 7 heteroatoms. The molecule has 7 nitrogen and oxygen atoms in total. The van der Waals surface area contributed by atoms with Crippen LogP contribution in [0.5, 0.6) is 0 Å². The van der Waals surface area contributed by atoms with Crippen LogP contribution in [-0.2, 0) is 0 Å². The van der Waals surface area contributed by atoms with Crippen LogP contribution in [-0.4, -0.2) is 15.1 Å². The van der Waals surface area contributed by atoms with Crippen LogP contribution in [0.25, 0.3) is 10.9 Å². The number of nitrogens with one attached hydrogen (secondary N) is 2. The van der Waals surface area contributed by atoms with E-state index in [1.165, 1.54) is 6.07 Å². The van der Waals surface area contributed by atoms with Crippen molar-refractivity contribution in [2.45, 2.75) is 0 Å². The molecular formula is C7H6N4O3. The van der Waals surface area contributed by atoms with Gasteiger partial charge >= 0.3 is 0 Å². The van der Waals surface area contributed by atoms with Gasteiger partial charge in [0.05, 0.1) is 21.5 Å². The molecule has 14 heavy (non-hydrogen) atoms. The zero-order valence-electron chi connectivity index (χ0n) is 6.90. The number of nitrogens with two attached hydrogens (primary N) is 1. The average molecular weight is 194 g/mol. The molecule has 0 atom stereocenters. The summed E-state index contributed by atoms with van der Waals surface area (Å²) in [5, 5.41) is 15.5. The van der Waals surface area contributed by atoms with E-state index in [2.05, 4.69) is 10.2 Å². The van der Waals surface area contributed by atoms with Gasteiger partial charge in [-0.15, -0.1) is 0 Å². The number of hydrogen-bond donors (Lipinski definition) is 3. The van der Waals surface area contributed by atoms with E-state index < -0.39 is 4.92 Å². The summed E-state index contributed by atoms with van der Waals surface area (Å²) >= 11 is 0. The lowest BCUT2D eigenvalue weighted by atomic mass is 10.2. The predicted octanol–water partition coefficient (Wildman–Crippen LogP) is 0.347. The zero-order valence-corrected chi connectivity index (χ0v) is 6.90. The van der Waals surface area contributed by atoms with Gasteiger partial charge in [-0.05, 0) is 0 Å². The number of rotatable bonds is 1. The number of anilines is 1. The lowest BCUT2D eigenvalue weighted by molar-refractivity contribution is -0.384. The summed E-state index contributed by atoms with van der Waals surface area (Å²) < 4.78 is 0. The van der Waals surface area contributed by atoms with Crippen molar-refractivity contribution in [1.29, 1.82) is 0 Å². The molecule has 0 aliphatic rings. The summed E-state index contributed by atoms with van der Waals surface area (Å²) in [7, 11) is 0. The Hall–Kier alpha value is -2.31. The Morgan fingerprint density at radius 2 is 2.07 bits per heavy atom. The van der Waals surface area contributed by atoms with E-state index in [4.69, 9.17) is 5.73 Å². The van der Waals surface area contributed by atoms with Crippen LogP contribution in [0.1, 0.15) is 0 Å². The molecule has 1 aromatic carbocycles. The Labute approximate surface area is 76.7 Å². The first-order chi connectivity index (χ1) is 6.59. The van der Waals surface area contributed by atoms with Crippen LogP contribution in [0.15, 0.2) is 16.9 Å². The second-order valence-electron chi connectivity index (χ2n) is 2.79. The first-order valence-electron chi connectivity index (χ1n) is 3.74. The van der Waals surface area contributed by atoms with E-state index in [0.29, 0.717) is 5.52 Å². The van der Waals surface area contributed by atoms with E-state index in [9.17, 15) is 14.9 Å². The quantitative estimate of drug-likeness (QED) is 0.344. The third-order valence-corrected chi connectivity index (χ3v) is 1.90. The Bertz CT molecular complexity index is 568. The fourth-order valence-electron chi connectivity index (χ4n) is 1.29. The predicted molar refractivity (Wildman–Crippen MR) is 50.0 cm³/mol. The van der Waals surface area contributed by atoms with Crippen LogP contribution >= 0.6 is 0 Å². The molecule has 0 amide bonds. The second kappa shape index (κ2) is 2.59. The molecule has 1 aromatic heterocycles. The summed E-state index contributed by atoms with van der Waals surface area (Å²) in [5.74, 6) is 0. The largest absolute Gasteiger partial charge is 0.398 e. The van der Waals surface area contributed by atoms with Crippen molar-refractivity contribution in [3.63, 3.8) is 0 Å². The molecule has 2 rings (SSSR count). The SMILES string of the molecule is Nc1cc([N+](=O)[O-])cc2[nH][nH]c(=O)c12. The molecule has 0 spiro atoms. The summed E-state index contributed by atoms with van der Waals surface area (Å²) in [4.78, 5) is 21.0. The lowest BCUT2D eigenvalue weighted by Crippen LogP contribution is -2.01. The number of nitro groups is 1. The molecule has 0 aliphatic heterocycles. The minimum absolute atomic E-state index is 0.0942. The van der Waals surface area contributed by atoms with E-state index in [1.807, 2.05) is 0 Å². The van der Waals surface area contributed by atoms with E-state index >= 15 is 0 Å². The Morgan fingerprint density at radius 1 is 1.36 bits per heavy atom. The van der Waals surface area contributed by atoms with Crippen LogP contribution in [0, 0.1) is 10.1 Å². The number of fused-ring (bicyclic) bond motifs is 1. The number of aromatic amines is 2. The molecule has 0 saturated heterocycles. The molecular weight excluding hydrogens is 188 g/mol. The highest BCUT2D eigenvalue weighted by molar-refractivity contribution is 5.91. The second-order valence-corrected chi connectivity index (χ2v) is 2.79. The van der Waals surface area contributed by atoms with Crippen molar-refractivity contribution in [2.24, 2.45) is 0 Å². The van der Waals surface area contributed by atoms with Gasteiger partial charge in [0.1, 0.15) is 0 Å². The van der Waals surface area contributed by atoms with Crippen molar-refractivity contribution < 1.29 is 4.92 Å². The first-order valence-corrected chi connectivity index (χ1v) is 3.74. The molecule has 0 unspecified atom stereocenters. The highest BCUT2D eigenvalue weighted by Crippen LogP contribution is 2.22. The summed E-state index contributed by atoms with van der Waals surface area (Å²) in [6, 6.07) is 2.41. The molecule has 0 bridgehead atoms. The van der Waals surface area contributed by atoms with Crippen LogP contribution in [0.2, 0.25) is 0 Å². The molecule has 4 N–H and O–H groups in total. The molecule has 0 saturated carbocycles. The van der Waals surface area contributed by atoms with E-state index in [0.717, 1.165) is 6.07 Å². The first kappa shape index (κ1) is 8.30. The maximum Gasteiger partial charge on any atom is 0.273 e. The molecule has 72 valence electrons. The molecule has 1 heterocycles. The third kappa shape index (κ3) is 1.03. The van der Waals surface area contributed by atoms with E-state index in [1.54, 1.807) is 0 Å². The van der Waals surface area contributed by atoms with Crippen LogP contribution in [0.4, 0.5) is 11.4 Å². The molecule has 0 aliphatic carbocycles. The normalized spacial score (nSPS) is 10.6. The average Bonchev–Trinajstić information content (AvgIpc) is 2.48. The van der Waals surface area contributed by atoms with Gasteiger partial charge in [-0.1, -0.05) is 0 Å². The smallest absolute Gasteiger partial charge is 0.273 e. The Morgan fingerprint density at radius 3 is 2.71 bits per heavy atom. The van der Waals surface area contributed by atoms with Gasteiger partial charge in [0, 0.05) is 12.1 Å². The fraction of sp³-hybridized carbons (Fsp3) is 0. The van der Waals surface area contributed by atoms with Gasteiger partial charge in [0.25, 0.3) is 11.2 Å². The van der Waals surface area contributed by atoms with Gasteiger partial charge < -0.3 is 5.73 Å². The van der Waals surface area contributed by atoms with Crippen molar-refractivity contribution >= 4 is 22.3 Å². The number of hydrogen-bond acceptors (Lipinski definition) is 4. The van der Waals surface area contributed by atoms with Gasteiger partial charge in [-0.2, -0.15) is 0 Å². The molecule has 0 radical (unpaired) electrons. The van der Waals surface area contributed by atoms with Gasteiger partial charge in [-0.25, -0.2) is 0 Å².